The number of amides is 1. The van der Waals surface area contributed by atoms with Crippen molar-refractivity contribution in [1.82, 2.24) is 14.9 Å². The molecule has 2 heterocycles. The molecule has 1 aliphatic rings. The molecule has 1 aromatic carbocycles. The number of benzene rings is 1. The van der Waals surface area contributed by atoms with Crippen molar-refractivity contribution in [2.45, 2.75) is 38.4 Å². The van der Waals surface area contributed by atoms with Crippen LogP contribution in [0.15, 0.2) is 29.1 Å². The summed E-state index contributed by atoms with van der Waals surface area (Å²) in [7, 11) is 1.80. The minimum absolute atomic E-state index is 0.0237. The quantitative estimate of drug-likeness (QED) is 0.493. The van der Waals surface area contributed by atoms with E-state index in [0.29, 0.717) is 36.9 Å². The van der Waals surface area contributed by atoms with Crippen LogP contribution in [0.2, 0.25) is 0 Å². The Morgan fingerprint density at radius 1 is 1.29 bits per heavy atom. The van der Waals surface area contributed by atoms with E-state index in [4.69, 9.17) is 4.74 Å². The minimum atomic E-state index is -0.0237. The molecule has 8 heteroatoms. The first kappa shape index (κ1) is 21.9. The number of fused-ring (bicyclic) bond motifs is 3. The largest absolute Gasteiger partial charge is 0.492 e. The van der Waals surface area contributed by atoms with E-state index in [1.54, 1.807) is 35.0 Å². The monoisotopic (exact) mass is 457 g/mol. The Morgan fingerprint density at radius 3 is 2.90 bits per heavy atom. The molecule has 0 aliphatic heterocycles. The predicted octanol–water partition coefficient (Wildman–Crippen LogP) is 3.94. The van der Waals surface area contributed by atoms with Gasteiger partial charge in [-0.1, -0.05) is 17.7 Å². The fourth-order valence-corrected chi connectivity index (χ4v) is 5.77. The lowest BCUT2D eigenvalue weighted by Crippen LogP contribution is -2.31. The number of carbonyl (C=O) groups is 1. The smallest absolute Gasteiger partial charge is 0.259 e. The summed E-state index contributed by atoms with van der Waals surface area (Å²) in [5, 5.41) is 0.788. The summed E-state index contributed by atoms with van der Waals surface area (Å²) in [6, 6.07) is 7.89. The number of thioether (sulfide) groups is 1. The summed E-state index contributed by atoms with van der Waals surface area (Å²) in [5.41, 5.74) is 2.37. The highest BCUT2D eigenvalue weighted by atomic mass is 32.2. The lowest BCUT2D eigenvalue weighted by Gasteiger charge is -2.17. The van der Waals surface area contributed by atoms with E-state index in [0.717, 1.165) is 35.2 Å². The maximum atomic E-state index is 12.5. The summed E-state index contributed by atoms with van der Waals surface area (Å²) in [6.07, 6.45) is 3.63. The molecule has 0 fully saturated rings. The zero-order valence-corrected chi connectivity index (χ0v) is 19.5. The number of hydrogen-bond donors (Lipinski definition) is 1. The first-order valence-corrected chi connectivity index (χ1v) is 12.5. The number of hydrogen-bond acceptors (Lipinski definition) is 6. The summed E-state index contributed by atoms with van der Waals surface area (Å²) in [5.74, 6) is 2.88. The molecule has 3 aromatic rings. The van der Waals surface area contributed by atoms with Gasteiger partial charge in [0.15, 0.2) is 0 Å². The molecule has 0 atom stereocenters. The summed E-state index contributed by atoms with van der Waals surface area (Å²) < 4.78 is 5.69. The number of likely N-dealkylation sites (N-methyl/N-ethyl adjacent to an activating group) is 1. The molecule has 1 amide bonds. The number of H-pyrrole nitrogens is 1. The molecule has 0 radical (unpaired) electrons. The van der Waals surface area contributed by atoms with Gasteiger partial charge in [0.1, 0.15) is 23.0 Å². The average molecular weight is 458 g/mol. The molecule has 2 aromatic heterocycles. The Labute approximate surface area is 190 Å². The lowest BCUT2D eigenvalue weighted by atomic mass is 10.2. The van der Waals surface area contributed by atoms with E-state index in [2.05, 4.69) is 9.97 Å². The molecule has 4 rings (SSSR count). The second-order valence-corrected chi connectivity index (χ2v) is 10.0. The standard InChI is InChI=1S/C23H27N3O3S2/c1-15-6-8-16(9-7-15)29-12-11-26(2)20(27)10-13-30-14-19-24-22(28)21-17-4-3-5-18(17)31-23(21)25-19/h6-9H,3-5,10-14H2,1-2H3,(H,24,25,28). The van der Waals surface area contributed by atoms with Gasteiger partial charge in [-0.15, -0.1) is 11.3 Å². The summed E-state index contributed by atoms with van der Waals surface area (Å²) >= 11 is 3.27. The van der Waals surface area contributed by atoms with Crippen LogP contribution in [-0.2, 0) is 23.4 Å². The highest BCUT2D eigenvalue weighted by Gasteiger charge is 2.21. The first-order valence-electron chi connectivity index (χ1n) is 10.6. The van der Waals surface area contributed by atoms with Gasteiger partial charge in [-0.2, -0.15) is 11.8 Å². The van der Waals surface area contributed by atoms with Gasteiger partial charge in [0.05, 0.1) is 17.7 Å². The van der Waals surface area contributed by atoms with Crippen LogP contribution in [0.5, 0.6) is 5.75 Å². The molecular weight excluding hydrogens is 430 g/mol. The number of carbonyl (C=O) groups excluding carboxylic acids is 1. The van der Waals surface area contributed by atoms with E-state index in [-0.39, 0.29) is 11.5 Å². The Hall–Kier alpha value is -2.32. The Bertz CT molecular complexity index is 1120. The van der Waals surface area contributed by atoms with Crippen LogP contribution in [0, 0.1) is 6.92 Å². The molecule has 6 nitrogen and oxygen atoms in total. The molecule has 1 N–H and O–H groups in total. The second-order valence-electron chi connectivity index (χ2n) is 7.83. The van der Waals surface area contributed by atoms with Gasteiger partial charge in [-0.3, -0.25) is 9.59 Å². The number of ether oxygens (including phenoxy) is 1. The lowest BCUT2D eigenvalue weighted by molar-refractivity contribution is -0.129. The molecule has 1 aliphatic carbocycles. The van der Waals surface area contributed by atoms with Gasteiger partial charge in [-0.25, -0.2) is 4.98 Å². The molecule has 0 spiro atoms. The van der Waals surface area contributed by atoms with Crippen LogP contribution in [-0.4, -0.2) is 46.7 Å². The molecule has 0 bridgehead atoms. The number of thiophene rings is 1. The van der Waals surface area contributed by atoms with Crippen molar-refractivity contribution in [1.29, 1.82) is 0 Å². The summed E-state index contributed by atoms with van der Waals surface area (Å²) in [6.45, 7) is 3.05. The van der Waals surface area contributed by atoms with Crippen LogP contribution in [0.3, 0.4) is 0 Å². The number of nitrogens with one attached hydrogen (secondary N) is 1. The van der Waals surface area contributed by atoms with Crippen LogP contribution >= 0.6 is 23.1 Å². The predicted molar refractivity (Wildman–Crippen MR) is 127 cm³/mol. The number of aromatic amines is 1. The van der Waals surface area contributed by atoms with Gasteiger partial charge in [0, 0.05) is 24.1 Å². The molecule has 0 saturated heterocycles. The SMILES string of the molecule is Cc1ccc(OCCN(C)C(=O)CCSCc2nc3sc4c(c3c(=O)[nH]2)CCC4)cc1. The zero-order valence-electron chi connectivity index (χ0n) is 17.9. The highest BCUT2D eigenvalue weighted by molar-refractivity contribution is 7.98. The zero-order chi connectivity index (χ0) is 21.8. The van der Waals surface area contributed by atoms with Crippen LogP contribution in [0.25, 0.3) is 10.2 Å². The Morgan fingerprint density at radius 2 is 2.10 bits per heavy atom. The van der Waals surface area contributed by atoms with Crippen molar-refractivity contribution in [3.63, 3.8) is 0 Å². The number of aryl methyl sites for hydroxylation is 3. The first-order chi connectivity index (χ1) is 15.0. The Balaban J connectivity index is 1.20. The van der Waals surface area contributed by atoms with Crippen molar-refractivity contribution >= 4 is 39.2 Å². The van der Waals surface area contributed by atoms with Crippen molar-refractivity contribution in [2.75, 3.05) is 26.0 Å². The second kappa shape index (κ2) is 9.87. The van der Waals surface area contributed by atoms with E-state index in [9.17, 15) is 9.59 Å². The number of nitrogens with zero attached hydrogens (tertiary/aromatic N) is 2. The third kappa shape index (κ3) is 5.30. The van der Waals surface area contributed by atoms with Gasteiger partial charge in [0.2, 0.25) is 5.91 Å². The molecule has 0 saturated carbocycles. The van der Waals surface area contributed by atoms with Crippen molar-refractivity contribution in [2.24, 2.45) is 0 Å². The summed E-state index contributed by atoms with van der Waals surface area (Å²) in [4.78, 5) is 36.3. The van der Waals surface area contributed by atoms with E-state index in [1.807, 2.05) is 31.2 Å². The van der Waals surface area contributed by atoms with Gasteiger partial charge < -0.3 is 14.6 Å². The van der Waals surface area contributed by atoms with Crippen LogP contribution in [0.1, 0.15) is 34.7 Å². The van der Waals surface area contributed by atoms with Crippen LogP contribution < -0.4 is 10.3 Å². The Kier molecular flexibility index (Phi) is 6.97. The van der Waals surface area contributed by atoms with E-state index < -0.39 is 0 Å². The number of rotatable bonds is 9. The maximum absolute atomic E-state index is 12.5. The third-order valence-electron chi connectivity index (χ3n) is 5.47. The third-order valence-corrected chi connectivity index (χ3v) is 7.62. The topological polar surface area (TPSA) is 75.3 Å². The minimum Gasteiger partial charge on any atom is -0.492 e. The van der Waals surface area contributed by atoms with E-state index in [1.165, 1.54) is 16.0 Å². The molecule has 31 heavy (non-hydrogen) atoms. The van der Waals surface area contributed by atoms with Gasteiger partial charge >= 0.3 is 0 Å². The van der Waals surface area contributed by atoms with Crippen molar-refractivity contribution in [3.05, 3.63) is 56.4 Å². The number of aromatic nitrogens is 2. The van der Waals surface area contributed by atoms with Crippen molar-refractivity contribution < 1.29 is 9.53 Å². The van der Waals surface area contributed by atoms with E-state index >= 15 is 0 Å². The molecule has 164 valence electrons. The van der Waals surface area contributed by atoms with Crippen molar-refractivity contribution in [3.8, 4) is 5.75 Å². The average Bonchev–Trinajstić information content (AvgIpc) is 3.33. The molecular formula is C23H27N3O3S2. The van der Waals surface area contributed by atoms with Gasteiger partial charge in [-0.05, 0) is 43.9 Å². The molecule has 0 unspecified atom stereocenters. The fourth-order valence-electron chi connectivity index (χ4n) is 3.69. The maximum Gasteiger partial charge on any atom is 0.259 e. The van der Waals surface area contributed by atoms with Crippen LogP contribution in [0.4, 0.5) is 0 Å². The fraction of sp³-hybridized carbons (Fsp3) is 0.435. The highest BCUT2D eigenvalue weighted by Crippen LogP contribution is 2.34. The normalized spacial score (nSPS) is 12.8. The van der Waals surface area contributed by atoms with Gasteiger partial charge in [0.25, 0.3) is 5.56 Å².